The number of hydrogen-bond donors (Lipinski definition) is 0. The first-order valence-electron chi connectivity index (χ1n) is 18.7. The molecule has 0 saturated carbocycles. The van der Waals surface area contributed by atoms with Crippen molar-refractivity contribution in [2.45, 2.75) is 0 Å². The summed E-state index contributed by atoms with van der Waals surface area (Å²) in [4.78, 5) is 9.97. The Bertz CT molecular complexity index is 3440. The molecule has 256 valence electrons. The minimum Gasteiger partial charge on any atom is -0.309 e. The topological polar surface area (TPSA) is 40.6 Å². The first-order chi connectivity index (χ1) is 27.3. The van der Waals surface area contributed by atoms with Gasteiger partial charge in [0.15, 0.2) is 5.82 Å². The van der Waals surface area contributed by atoms with Gasteiger partial charge in [0.05, 0.1) is 50.3 Å². The van der Waals surface area contributed by atoms with E-state index < -0.39 is 0 Å². The van der Waals surface area contributed by atoms with Gasteiger partial charge in [-0.3, -0.25) is 9.55 Å². The van der Waals surface area contributed by atoms with Gasteiger partial charge in [0.2, 0.25) is 0 Å². The lowest BCUT2D eigenvalue weighted by Gasteiger charge is -2.10. The molecule has 0 spiro atoms. The number of fused-ring (bicyclic) bond motifs is 10. The predicted octanol–water partition coefficient (Wildman–Crippen LogP) is 12.6. The summed E-state index contributed by atoms with van der Waals surface area (Å²) in [6.07, 6.45) is 1.90. The Morgan fingerprint density at radius 3 is 1.42 bits per heavy atom. The Kier molecular flexibility index (Phi) is 6.27. The third-order valence-electron chi connectivity index (χ3n) is 11.3. The van der Waals surface area contributed by atoms with Crippen LogP contribution in [0.2, 0.25) is 0 Å². The van der Waals surface area contributed by atoms with E-state index in [9.17, 15) is 0 Å². The number of nitrogens with zero attached hydrogens (tertiary/aromatic N) is 5. The van der Waals surface area contributed by atoms with Crippen molar-refractivity contribution in [3.63, 3.8) is 0 Å². The molecule has 12 rings (SSSR count). The largest absolute Gasteiger partial charge is 0.309 e. The van der Waals surface area contributed by atoms with E-state index in [1.807, 2.05) is 30.5 Å². The van der Waals surface area contributed by atoms with Crippen LogP contribution in [0.15, 0.2) is 188 Å². The second-order valence-corrected chi connectivity index (χ2v) is 14.3. The summed E-state index contributed by atoms with van der Waals surface area (Å²) in [6, 6.07) is 65.4. The Morgan fingerprint density at radius 2 is 0.764 bits per heavy atom. The van der Waals surface area contributed by atoms with Gasteiger partial charge in [-0.05, 0) is 96.1 Å². The number of rotatable bonds is 4. The monoisotopic (exact) mass is 701 g/mol. The maximum Gasteiger partial charge on any atom is 0.156 e. The van der Waals surface area contributed by atoms with E-state index in [2.05, 4.69) is 171 Å². The van der Waals surface area contributed by atoms with Crippen molar-refractivity contribution in [1.82, 2.24) is 23.7 Å². The minimum atomic E-state index is 0.797. The molecule has 5 heteroatoms. The lowest BCUT2D eigenvalue weighted by Crippen LogP contribution is -1.99. The molecule has 0 aliphatic carbocycles. The normalized spacial score (nSPS) is 12.0. The highest BCUT2D eigenvalue weighted by Gasteiger charge is 2.19. The average Bonchev–Trinajstić information content (AvgIpc) is 3.89. The SMILES string of the molecule is c1ccc(-n2c3ccccc3c3cc(-c4ccc5c(c4)c4cc(-n6c7ccccc7c7ccccc76)ccc4n5-c4cnc5ccccc5n4)ccc32)cc1. The summed E-state index contributed by atoms with van der Waals surface area (Å²) in [5.74, 6) is 0.797. The molecule has 4 heterocycles. The van der Waals surface area contributed by atoms with E-state index in [1.165, 1.54) is 49.2 Å². The first-order valence-corrected chi connectivity index (χ1v) is 18.7. The van der Waals surface area contributed by atoms with Crippen LogP contribution >= 0.6 is 0 Å². The number of hydrogen-bond acceptors (Lipinski definition) is 2. The van der Waals surface area contributed by atoms with Crippen molar-refractivity contribution in [2.75, 3.05) is 0 Å². The molecule has 4 aromatic heterocycles. The van der Waals surface area contributed by atoms with Crippen LogP contribution in [0.25, 0.3) is 105 Å². The summed E-state index contributed by atoms with van der Waals surface area (Å²) in [5, 5.41) is 7.30. The van der Waals surface area contributed by atoms with Crippen molar-refractivity contribution >= 4 is 76.5 Å². The Hall–Kier alpha value is -7.50. The molecule has 0 aliphatic heterocycles. The van der Waals surface area contributed by atoms with Gasteiger partial charge in [-0.25, -0.2) is 4.98 Å². The van der Waals surface area contributed by atoms with Crippen molar-refractivity contribution in [1.29, 1.82) is 0 Å². The highest BCUT2D eigenvalue weighted by molar-refractivity contribution is 6.14. The van der Waals surface area contributed by atoms with E-state index in [4.69, 9.17) is 9.97 Å². The van der Waals surface area contributed by atoms with Crippen LogP contribution in [-0.2, 0) is 0 Å². The third kappa shape index (κ3) is 4.41. The molecule has 55 heavy (non-hydrogen) atoms. The summed E-state index contributed by atoms with van der Waals surface area (Å²) < 4.78 is 7.02. The smallest absolute Gasteiger partial charge is 0.156 e. The molecule has 8 aromatic carbocycles. The van der Waals surface area contributed by atoms with Crippen LogP contribution < -0.4 is 0 Å². The zero-order valence-corrected chi connectivity index (χ0v) is 29.6. The fraction of sp³-hybridized carbons (Fsp3) is 0. The maximum atomic E-state index is 5.14. The van der Waals surface area contributed by atoms with Crippen LogP contribution in [0.1, 0.15) is 0 Å². The molecule has 0 saturated heterocycles. The summed E-state index contributed by atoms with van der Waals surface area (Å²) >= 11 is 0. The first kappa shape index (κ1) is 30.0. The average molecular weight is 702 g/mol. The van der Waals surface area contributed by atoms with Gasteiger partial charge in [-0.1, -0.05) is 97.1 Å². The third-order valence-corrected chi connectivity index (χ3v) is 11.3. The quantitative estimate of drug-likeness (QED) is 0.183. The standard InChI is InChI=1S/C50H31N5/c1-2-12-34(13-3-1)53-46-21-11-6-16-38(46)39-28-32(22-25-47(39)53)33-23-26-48-40(29-33)41-30-35(54-44-19-9-4-14-36(44)37-15-5-10-20-45(37)54)24-27-49(41)55(48)50-31-51-42-17-7-8-18-43(42)52-50/h1-31H. The van der Waals surface area contributed by atoms with Gasteiger partial charge in [0.1, 0.15) is 0 Å². The molecule has 0 aliphatic rings. The zero-order valence-electron chi connectivity index (χ0n) is 29.6. The molecule has 0 bridgehead atoms. The van der Waals surface area contributed by atoms with Crippen LogP contribution in [0.4, 0.5) is 0 Å². The molecule has 0 fully saturated rings. The molecule has 0 atom stereocenters. The van der Waals surface area contributed by atoms with Crippen LogP contribution in [-0.4, -0.2) is 23.7 Å². The molecular weight excluding hydrogens is 671 g/mol. The predicted molar refractivity (Wildman–Crippen MR) is 228 cm³/mol. The van der Waals surface area contributed by atoms with Gasteiger partial charge < -0.3 is 9.13 Å². The van der Waals surface area contributed by atoms with E-state index in [-0.39, 0.29) is 0 Å². The summed E-state index contributed by atoms with van der Waals surface area (Å²) in [7, 11) is 0. The van der Waals surface area contributed by atoms with Crippen molar-refractivity contribution in [3.05, 3.63) is 188 Å². The number of benzene rings is 8. The maximum absolute atomic E-state index is 5.14. The van der Waals surface area contributed by atoms with Crippen LogP contribution in [0.3, 0.4) is 0 Å². The highest BCUT2D eigenvalue weighted by Crippen LogP contribution is 2.40. The summed E-state index contributed by atoms with van der Waals surface area (Å²) in [6.45, 7) is 0. The second kappa shape index (κ2) is 11.5. The molecule has 0 N–H and O–H groups in total. The van der Waals surface area contributed by atoms with E-state index in [0.717, 1.165) is 55.6 Å². The fourth-order valence-electron chi connectivity index (χ4n) is 8.84. The molecule has 5 nitrogen and oxygen atoms in total. The Balaban J connectivity index is 1.11. The lowest BCUT2D eigenvalue weighted by molar-refractivity contribution is 1.07. The van der Waals surface area contributed by atoms with E-state index in [1.54, 1.807) is 0 Å². The van der Waals surface area contributed by atoms with Crippen LogP contribution in [0.5, 0.6) is 0 Å². The van der Waals surface area contributed by atoms with Crippen molar-refractivity contribution in [3.8, 4) is 28.3 Å². The zero-order chi connectivity index (χ0) is 36.0. The highest BCUT2D eigenvalue weighted by atomic mass is 15.1. The van der Waals surface area contributed by atoms with E-state index >= 15 is 0 Å². The lowest BCUT2D eigenvalue weighted by atomic mass is 10.0. The van der Waals surface area contributed by atoms with E-state index in [0.29, 0.717) is 0 Å². The second-order valence-electron chi connectivity index (χ2n) is 14.3. The Morgan fingerprint density at radius 1 is 0.309 bits per heavy atom. The fourth-order valence-corrected chi connectivity index (χ4v) is 8.84. The van der Waals surface area contributed by atoms with Crippen molar-refractivity contribution in [2.24, 2.45) is 0 Å². The number of para-hydroxylation sites is 6. The van der Waals surface area contributed by atoms with Crippen LogP contribution in [0, 0.1) is 0 Å². The Labute approximate surface area is 315 Å². The molecular formula is C50H31N5. The van der Waals surface area contributed by atoms with Gasteiger partial charge in [0.25, 0.3) is 0 Å². The van der Waals surface area contributed by atoms with Gasteiger partial charge >= 0.3 is 0 Å². The molecule has 0 amide bonds. The molecule has 0 radical (unpaired) electrons. The van der Waals surface area contributed by atoms with Gasteiger partial charge in [-0.15, -0.1) is 0 Å². The van der Waals surface area contributed by atoms with Gasteiger partial charge in [0, 0.05) is 43.7 Å². The van der Waals surface area contributed by atoms with Crippen molar-refractivity contribution < 1.29 is 0 Å². The number of aromatic nitrogens is 5. The minimum absolute atomic E-state index is 0.797. The summed E-state index contributed by atoms with van der Waals surface area (Å²) in [5.41, 5.74) is 13.3. The molecule has 12 aromatic rings. The molecule has 0 unspecified atom stereocenters. The van der Waals surface area contributed by atoms with Gasteiger partial charge in [-0.2, -0.15) is 0 Å².